The standard InChI is InChI=1S/C14H17N3S/c1-11-2-4-13(5-3-11)18-10-14-16-8-12(6-7-15)9-17-14/h2-5,8-9H,6-7,10,15H2,1H3. The van der Waals surface area contributed by atoms with Crippen LogP contribution in [0.1, 0.15) is 17.0 Å². The molecule has 0 spiro atoms. The van der Waals surface area contributed by atoms with Crippen LogP contribution in [0.3, 0.4) is 0 Å². The van der Waals surface area contributed by atoms with E-state index >= 15 is 0 Å². The van der Waals surface area contributed by atoms with Crippen molar-refractivity contribution < 1.29 is 0 Å². The summed E-state index contributed by atoms with van der Waals surface area (Å²) in [7, 11) is 0. The molecule has 18 heavy (non-hydrogen) atoms. The molecule has 0 unspecified atom stereocenters. The van der Waals surface area contributed by atoms with Gasteiger partial charge in [0, 0.05) is 17.3 Å². The average Bonchev–Trinajstić information content (AvgIpc) is 2.40. The molecule has 0 bridgehead atoms. The molecule has 1 aromatic heterocycles. The van der Waals surface area contributed by atoms with Crippen LogP contribution in [0.2, 0.25) is 0 Å². The third kappa shape index (κ3) is 3.82. The number of aromatic nitrogens is 2. The summed E-state index contributed by atoms with van der Waals surface area (Å²) in [6.45, 7) is 2.73. The Labute approximate surface area is 112 Å². The second-order valence-corrected chi connectivity index (χ2v) is 5.20. The highest BCUT2D eigenvalue weighted by molar-refractivity contribution is 7.98. The summed E-state index contributed by atoms with van der Waals surface area (Å²) in [6.07, 6.45) is 4.57. The van der Waals surface area contributed by atoms with Gasteiger partial charge in [-0.1, -0.05) is 17.7 Å². The Bertz CT molecular complexity index is 479. The van der Waals surface area contributed by atoms with Gasteiger partial charge in [-0.2, -0.15) is 0 Å². The van der Waals surface area contributed by atoms with Crippen molar-refractivity contribution in [2.75, 3.05) is 6.54 Å². The number of aryl methyl sites for hydroxylation is 1. The van der Waals surface area contributed by atoms with E-state index in [0.29, 0.717) is 6.54 Å². The van der Waals surface area contributed by atoms with Crippen LogP contribution in [0.25, 0.3) is 0 Å². The summed E-state index contributed by atoms with van der Waals surface area (Å²) in [4.78, 5) is 9.93. The topological polar surface area (TPSA) is 51.8 Å². The summed E-state index contributed by atoms with van der Waals surface area (Å²) >= 11 is 1.75. The van der Waals surface area contributed by atoms with Crippen LogP contribution in [0.4, 0.5) is 0 Å². The second kappa shape index (κ2) is 6.52. The number of nitrogens with two attached hydrogens (primary N) is 1. The Morgan fingerprint density at radius 1 is 1.11 bits per heavy atom. The summed E-state index contributed by atoms with van der Waals surface area (Å²) in [5.41, 5.74) is 7.86. The molecule has 4 heteroatoms. The van der Waals surface area contributed by atoms with Gasteiger partial charge in [0.1, 0.15) is 5.82 Å². The molecule has 2 N–H and O–H groups in total. The van der Waals surface area contributed by atoms with Gasteiger partial charge in [0.15, 0.2) is 0 Å². The Morgan fingerprint density at radius 2 is 1.78 bits per heavy atom. The molecule has 1 aromatic carbocycles. The lowest BCUT2D eigenvalue weighted by atomic mass is 10.2. The van der Waals surface area contributed by atoms with Gasteiger partial charge in [-0.3, -0.25) is 0 Å². The predicted molar refractivity (Wildman–Crippen MR) is 75.5 cm³/mol. The fourth-order valence-corrected chi connectivity index (χ4v) is 2.31. The number of hydrogen-bond acceptors (Lipinski definition) is 4. The molecule has 0 saturated heterocycles. The van der Waals surface area contributed by atoms with E-state index in [1.165, 1.54) is 10.5 Å². The monoisotopic (exact) mass is 259 g/mol. The van der Waals surface area contributed by atoms with Crippen molar-refractivity contribution in [3.63, 3.8) is 0 Å². The summed E-state index contributed by atoms with van der Waals surface area (Å²) in [5.74, 6) is 1.66. The van der Waals surface area contributed by atoms with Crippen LogP contribution < -0.4 is 5.73 Å². The van der Waals surface area contributed by atoms with Crippen LogP contribution >= 0.6 is 11.8 Å². The van der Waals surface area contributed by atoms with Gasteiger partial charge in [-0.05, 0) is 37.6 Å². The zero-order chi connectivity index (χ0) is 12.8. The van der Waals surface area contributed by atoms with E-state index in [1.807, 2.05) is 12.4 Å². The first kappa shape index (κ1) is 13.1. The normalized spacial score (nSPS) is 10.6. The van der Waals surface area contributed by atoms with E-state index in [9.17, 15) is 0 Å². The van der Waals surface area contributed by atoms with Gasteiger partial charge in [-0.25, -0.2) is 9.97 Å². The molecular formula is C14H17N3S. The molecule has 3 nitrogen and oxygen atoms in total. The molecule has 0 amide bonds. The van der Waals surface area contributed by atoms with Crippen molar-refractivity contribution in [3.8, 4) is 0 Å². The molecule has 0 fully saturated rings. The number of hydrogen-bond donors (Lipinski definition) is 1. The molecule has 0 aliphatic heterocycles. The fraction of sp³-hybridized carbons (Fsp3) is 0.286. The van der Waals surface area contributed by atoms with Gasteiger partial charge < -0.3 is 5.73 Å². The molecule has 0 aliphatic carbocycles. The van der Waals surface area contributed by atoms with Gasteiger partial charge in [0.05, 0.1) is 5.75 Å². The fourth-order valence-electron chi connectivity index (χ4n) is 1.53. The van der Waals surface area contributed by atoms with Crippen LogP contribution in [0, 0.1) is 6.92 Å². The maximum atomic E-state index is 5.49. The lowest BCUT2D eigenvalue weighted by molar-refractivity contribution is 0.920. The highest BCUT2D eigenvalue weighted by atomic mass is 32.2. The Kier molecular flexibility index (Phi) is 4.73. The minimum Gasteiger partial charge on any atom is -0.330 e. The lowest BCUT2D eigenvalue weighted by Crippen LogP contribution is -2.04. The Morgan fingerprint density at radius 3 is 2.39 bits per heavy atom. The first-order chi connectivity index (χ1) is 8.78. The molecule has 1 heterocycles. The molecule has 0 atom stereocenters. The van der Waals surface area contributed by atoms with Crippen molar-refractivity contribution in [1.82, 2.24) is 9.97 Å². The maximum Gasteiger partial charge on any atom is 0.138 e. The smallest absolute Gasteiger partial charge is 0.138 e. The first-order valence-electron chi connectivity index (χ1n) is 5.97. The highest BCUT2D eigenvalue weighted by Crippen LogP contribution is 2.21. The SMILES string of the molecule is Cc1ccc(SCc2ncc(CCN)cn2)cc1. The van der Waals surface area contributed by atoms with Gasteiger partial charge in [0.2, 0.25) is 0 Å². The summed E-state index contributed by atoms with van der Waals surface area (Å²) < 4.78 is 0. The van der Waals surface area contributed by atoms with Gasteiger partial charge in [0.25, 0.3) is 0 Å². The van der Waals surface area contributed by atoms with E-state index in [0.717, 1.165) is 23.6 Å². The van der Waals surface area contributed by atoms with Crippen molar-refractivity contribution in [1.29, 1.82) is 0 Å². The van der Waals surface area contributed by atoms with Crippen molar-refractivity contribution in [2.24, 2.45) is 5.73 Å². The summed E-state index contributed by atoms with van der Waals surface area (Å²) in [5, 5.41) is 0. The quantitative estimate of drug-likeness (QED) is 0.839. The van der Waals surface area contributed by atoms with Crippen LogP contribution in [0.5, 0.6) is 0 Å². The van der Waals surface area contributed by atoms with E-state index in [4.69, 9.17) is 5.73 Å². The van der Waals surface area contributed by atoms with Crippen LogP contribution in [0.15, 0.2) is 41.6 Å². The summed E-state index contributed by atoms with van der Waals surface area (Å²) in [6, 6.07) is 8.49. The number of thioether (sulfide) groups is 1. The van der Waals surface area contributed by atoms with E-state index < -0.39 is 0 Å². The third-order valence-electron chi connectivity index (χ3n) is 2.58. The third-order valence-corrected chi connectivity index (χ3v) is 3.59. The van der Waals surface area contributed by atoms with E-state index in [2.05, 4.69) is 41.2 Å². The number of nitrogens with zero attached hydrogens (tertiary/aromatic N) is 2. The zero-order valence-electron chi connectivity index (χ0n) is 10.5. The van der Waals surface area contributed by atoms with Gasteiger partial charge >= 0.3 is 0 Å². The second-order valence-electron chi connectivity index (χ2n) is 4.15. The molecule has 0 radical (unpaired) electrons. The van der Waals surface area contributed by atoms with Crippen molar-refractivity contribution in [2.45, 2.75) is 24.0 Å². The van der Waals surface area contributed by atoms with E-state index in [1.54, 1.807) is 11.8 Å². The molecule has 94 valence electrons. The minimum atomic E-state index is 0.640. The Hall–Kier alpha value is -1.39. The van der Waals surface area contributed by atoms with E-state index in [-0.39, 0.29) is 0 Å². The van der Waals surface area contributed by atoms with Crippen LogP contribution in [-0.4, -0.2) is 16.5 Å². The minimum absolute atomic E-state index is 0.640. The average molecular weight is 259 g/mol. The van der Waals surface area contributed by atoms with Gasteiger partial charge in [-0.15, -0.1) is 11.8 Å². The first-order valence-corrected chi connectivity index (χ1v) is 6.96. The largest absolute Gasteiger partial charge is 0.330 e. The van der Waals surface area contributed by atoms with Crippen LogP contribution in [-0.2, 0) is 12.2 Å². The molecule has 2 aromatic rings. The Balaban J connectivity index is 1.91. The zero-order valence-corrected chi connectivity index (χ0v) is 11.3. The predicted octanol–water partition coefficient (Wildman–Crippen LogP) is 2.58. The molecule has 0 aliphatic rings. The van der Waals surface area contributed by atoms with Crippen molar-refractivity contribution >= 4 is 11.8 Å². The lowest BCUT2D eigenvalue weighted by Gasteiger charge is -2.02. The number of rotatable bonds is 5. The maximum absolute atomic E-state index is 5.49. The molecule has 2 rings (SSSR count). The number of benzene rings is 1. The molecular weight excluding hydrogens is 242 g/mol. The molecule has 0 saturated carbocycles. The highest BCUT2D eigenvalue weighted by Gasteiger charge is 1.99. The van der Waals surface area contributed by atoms with Crippen molar-refractivity contribution in [3.05, 3.63) is 53.6 Å².